The van der Waals surface area contributed by atoms with E-state index in [4.69, 9.17) is 4.74 Å². The van der Waals surface area contributed by atoms with E-state index < -0.39 is 10.0 Å². The van der Waals surface area contributed by atoms with Crippen molar-refractivity contribution in [1.29, 1.82) is 0 Å². The molecule has 0 saturated heterocycles. The van der Waals surface area contributed by atoms with Crippen LogP contribution < -0.4 is 13.9 Å². The fraction of sp³-hybridized carbons (Fsp3) is 0.381. The van der Waals surface area contributed by atoms with Gasteiger partial charge in [0, 0.05) is 30.8 Å². The zero-order valence-corrected chi connectivity index (χ0v) is 17.3. The number of anilines is 2. The third-order valence-corrected chi connectivity index (χ3v) is 6.16. The molecule has 2 aromatic rings. The van der Waals surface area contributed by atoms with Crippen LogP contribution in [0.2, 0.25) is 0 Å². The minimum absolute atomic E-state index is 0.0246. The summed E-state index contributed by atoms with van der Waals surface area (Å²) < 4.78 is 31.1. The van der Waals surface area contributed by atoms with E-state index in [1.807, 2.05) is 36.1 Å². The Morgan fingerprint density at radius 3 is 2.68 bits per heavy atom. The summed E-state index contributed by atoms with van der Waals surface area (Å²) in [6.07, 6.45) is 2.75. The highest BCUT2D eigenvalue weighted by atomic mass is 32.2. The number of rotatable bonds is 7. The average molecular weight is 403 g/mol. The van der Waals surface area contributed by atoms with Crippen LogP contribution in [0.1, 0.15) is 25.3 Å². The quantitative estimate of drug-likeness (QED) is 0.713. The Labute approximate surface area is 166 Å². The molecule has 150 valence electrons. The third-order valence-electron chi connectivity index (χ3n) is 4.97. The highest BCUT2D eigenvalue weighted by Gasteiger charge is 2.30. The van der Waals surface area contributed by atoms with Crippen molar-refractivity contribution in [3.8, 4) is 5.75 Å². The van der Waals surface area contributed by atoms with E-state index >= 15 is 0 Å². The van der Waals surface area contributed by atoms with Crippen LogP contribution in [0.5, 0.6) is 5.75 Å². The molecule has 2 aromatic carbocycles. The molecule has 0 fully saturated rings. The van der Waals surface area contributed by atoms with Gasteiger partial charge < -0.3 is 9.64 Å². The van der Waals surface area contributed by atoms with Crippen molar-refractivity contribution in [3.05, 3.63) is 54.1 Å². The summed E-state index contributed by atoms with van der Waals surface area (Å²) in [5, 5.41) is 0. The molecular formula is C21H26N2O4S. The van der Waals surface area contributed by atoms with Gasteiger partial charge in [-0.3, -0.25) is 9.10 Å². The largest absolute Gasteiger partial charge is 0.497 e. The number of nitrogens with zero attached hydrogens (tertiary/aromatic N) is 2. The number of fused-ring (bicyclic) bond motifs is 1. The molecule has 0 unspecified atom stereocenters. The first-order valence-corrected chi connectivity index (χ1v) is 11.2. The average Bonchev–Trinajstić information content (AvgIpc) is 2.99. The SMILES string of the molecule is COc1cccc(N(CCCC(=O)N2c3ccccc3C[C@@H]2C)S(C)(=O)=O)c1. The predicted molar refractivity (Wildman–Crippen MR) is 112 cm³/mol. The Morgan fingerprint density at radius 2 is 1.96 bits per heavy atom. The van der Waals surface area contributed by atoms with E-state index in [0.29, 0.717) is 17.9 Å². The number of hydrogen-bond donors (Lipinski definition) is 0. The van der Waals surface area contributed by atoms with Crippen molar-refractivity contribution in [2.24, 2.45) is 0 Å². The number of sulfonamides is 1. The molecule has 6 nitrogen and oxygen atoms in total. The molecule has 1 aliphatic heterocycles. The first kappa shape index (κ1) is 20.2. The second-order valence-corrected chi connectivity index (χ2v) is 8.99. The van der Waals surface area contributed by atoms with Crippen molar-refractivity contribution in [3.63, 3.8) is 0 Å². The maximum absolute atomic E-state index is 12.8. The molecule has 28 heavy (non-hydrogen) atoms. The first-order chi connectivity index (χ1) is 13.3. The number of amides is 1. The van der Waals surface area contributed by atoms with Crippen molar-refractivity contribution >= 4 is 27.3 Å². The molecule has 0 bridgehead atoms. The van der Waals surface area contributed by atoms with Gasteiger partial charge in [0.05, 0.1) is 19.1 Å². The van der Waals surface area contributed by atoms with Gasteiger partial charge >= 0.3 is 0 Å². The molecule has 1 atom stereocenters. The number of benzene rings is 2. The molecule has 0 saturated carbocycles. The summed E-state index contributed by atoms with van der Waals surface area (Å²) >= 11 is 0. The lowest BCUT2D eigenvalue weighted by Crippen LogP contribution is -2.37. The van der Waals surface area contributed by atoms with Crippen LogP contribution in [0.25, 0.3) is 0 Å². The molecule has 0 aromatic heterocycles. The lowest BCUT2D eigenvalue weighted by atomic mass is 10.1. The molecule has 1 aliphatic rings. The van der Waals surface area contributed by atoms with Crippen molar-refractivity contribution in [2.45, 2.75) is 32.2 Å². The first-order valence-electron chi connectivity index (χ1n) is 9.33. The van der Waals surface area contributed by atoms with Crippen LogP contribution in [0.3, 0.4) is 0 Å². The summed E-state index contributed by atoms with van der Waals surface area (Å²) in [6.45, 7) is 2.28. The van der Waals surface area contributed by atoms with Gasteiger partial charge in [-0.1, -0.05) is 24.3 Å². The number of hydrogen-bond acceptors (Lipinski definition) is 4. The normalized spacial score (nSPS) is 16.0. The molecule has 0 spiro atoms. The van der Waals surface area contributed by atoms with E-state index in [1.165, 1.54) is 23.2 Å². The van der Waals surface area contributed by atoms with E-state index in [9.17, 15) is 13.2 Å². The van der Waals surface area contributed by atoms with E-state index in [2.05, 4.69) is 0 Å². The standard InChI is InChI=1S/C21H26N2O4S/c1-16-14-17-8-4-5-11-20(17)23(16)21(24)12-7-13-22(28(3,25)26)18-9-6-10-19(15-18)27-2/h4-6,8-11,15-16H,7,12-14H2,1-3H3/t16-/m0/s1. The predicted octanol–water partition coefficient (Wildman–Crippen LogP) is 3.22. The van der Waals surface area contributed by atoms with Gasteiger partial charge in [0.1, 0.15) is 5.75 Å². The van der Waals surface area contributed by atoms with Gasteiger partial charge in [0.25, 0.3) is 0 Å². The number of ether oxygens (including phenoxy) is 1. The smallest absolute Gasteiger partial charge is 0.232 e. The number of para-hydroxylation sites is 1. The molecule has 7 heteroatoms. The van der Waals surface area contributed by atoms with Gasteiger partial charge in [0.15, 0.2) is 0 Å². The Bertz CT molecular complexity index is 958. The van der Waals surface area contributed by atoms with Crippen molar-refractivity contribution in [1.82, 2.24) is 0 Å². The molecular weight excluding hydrogens is 376 g/mol. The minimum atomic E-state index is -3.47. The topological polar surface area (TPSA) is 66.9 Å². The second-order valence-electron chi connectivity index (χ2n) is 7.09. The molecule has 0 aliphatic carbocycles. The maximum atomic E-state index is 12.8. The Kier molecular flexibility index (Phi) is 5.93. The Balaban J connectivity index is 1.69. The van der Waals surface area contributed by atoms with Crippen LogP contribution in [-0.4, -0.2) is 40.3 Å². The maximum Gasteiger partial charge on any atom is 0.232 e. The minimum Gasteiger partial charge on any atom is -0.497 e. The van der Waals surface area contributed by atoms with Crippen molar-refractivity contribution in [2.75, 3.05) is 29.1 Å². The van der Waals surface area contributed by atoms with Crippen LogP contribution in [0.15, 0.2) is 48.5 Å². The van der Waals surface area contributed by atoms with Crippen LogP contribution >= 0.6 is 0 Å². The van der Waals surface area contributed by atoms with Crippen molar-refractivity contribution < 1.29 is 17.9 Å². The number of carbonyl (C=O) groups excluding carboxylic acids is 1. The molecule has 0 radical (unpaired) electrons. The fourth-order valence-electron chi connectivity index (χ4n) is 3.69. The van der Waals surface area contributed by atoms with Crippen LogP contribution in [-0.2, 0) is 21.2 Å². The summed E-state index contributed by atoms with van der Waals surface area (Å²) in [4.78, 5) is 14.7. The Morgan fingerprint density at radius 1 is 1.21 bits per heavy atom. The molecule has 1 amide bonds. The zero-order chi connectivity index (χ0) is 20.3. The monoisotopic (exact) mass is 402 g/mol. The highest BCUT2D eigenvalue weighted by Crippen LogP contribution is 2.32. The lowest BCUT2D eigenvalue weighted by Gasteiger charge is -2.25. The van der Waals surface area contributed by atoms with Gasteiger partial charge in [0.2, 0.25) is 15.9 Å². The number of methoxy groups -OCH3 is 1. The highest BCUT2D eigenvalue weighted by molar-refractivity contribution is 7.92. The summed E-state index contributed by atoms with van der Waals surface area (Å²) in [6, 6.07) is 15.0. The second kappa shape index (κ2) is 8.22. The summed E-state index contributed by atoms with van der Waals surface area (Å²) in [5.41, 5.74) is 2.68. The fourth-order valence-corrected chi connectivity index (χ4v) is 4.65. The molecule has 1 heterocycles. The van der Waals surface area contributed by atoms with Gasteiger partial charge in [-0.25, -0.2) is 8.42 Å². The van der Waals surface area contributed by atoms with Crippen LogP contribution in [0, 0.1) is 0 Å². The number of carbonyl (C=O) groups is 1. The third kappa shape index (κ3) is 4.30. The van der Waals surface area contributed by atoms with E-state index in [0.717, 1.165) is 12.1 Å². The molecule has 0 N–H and O–H groups in total. The van der Waals surface area contributed by atoms with Gasteiger partial charge in [-0.2, -0.15) is 0 Å². The van der Waals surface area contributed by atoms with E-state index in [-0.39, 0.29) is 24.9 Å². The summed E-state index contributed by atoms with van der Waals surface area (Å²) in [5.74, 6) is 0.612. The zero-order valence-electron chi connectivity index (χ0n) is 16.5. The Hall–Kier alpha value is -2.54. The summed E-state index contributed by atoms with van der Waals surface area (Å²) in [7, 11) is -1.93. The molecule has 3 rings (SSSR count). The van der Waals surface area contributed by atoms with Crippen LogP contribution in [0.4, 0.5) is 11.4 Å². The van der Waals surface area contributed by atoms with Gasteiger partial charge in [-0.15, -0.1) is 0 Å². The van der Waals surface area contributed by atoms with Gasteiger partial charge in [-0.05, 0) is 43.5 Å². The van der Waals surface area contributed by atoms with E-state index in [1.54, 1.807) is 24.3 Å². The lowest BCUT2D eigenvalue weighted by molar-refractivity contribution is -0.118.